The minimum Gasteiger partial charge on any atom is -0.456 e. The van der Waals surface area contributed by atoms with Crippen LogP contribution in [0, 0.1) is 0 Å². The van der Waals surface area contributed by atoms with Gasteiger partial charge in [0.1, 0.15) is 11.2 Å². The number of hydrogen-bond donors (Lipinski definition) is 0. The van der Waals surface area contributed by atoms with Gasteiger partial charge >= 0.3 is 0 Å². The Bertz CT molecular complexity index is 3200. The third-order valence-corrected chi connectivity index (χ3v) is 12.1. The highest BCUT2D eigenvalue weighted by Gasteiger charge is 2.20. The van der Waals surface area contributed by atoms with Gasteiger partial charge in [0, 0.05) is 36.9 Å². The highest BCUT2D eigenvalue weighted by Crippen LogP contribution is 2.45. The molecule has 0 bridgehead atoms. The molecule has 0 fully saturated rings. The van der Waals surface area contributed by atoms with Crippen LogP contribution in [0.5, 0.6) is 0 Å². The molecule has 0 unspecified atom stereocenters. The molecule has 258 valence electrons. The predicted octanol–water partition coefficient (Wildman–Crippen LogP) is 15.6. The molecule has 0 N–H and O–H groups in total. The van der Waals surface area contributed by atoms with Crippen LogP contribution in [0.3, 0.4) is 0 Å². The molecule has 0 amide bonds. The van der Waals surface area contributed by atoms with Crippen LogP contribution < -0.4 is 4.90 Å². The van der Waals surface area contributed by atoms with Crippen LogP contribution in [0.1, 0.15) is 0 Å². The summed E-state index contributed by atoms with van der Waals surface area (Å²) in [4.78, 5) is 2.37. The standard InChI is InChI=1S/C52H33NOS/c1-2-15-41-35(11-1)12-8-18-42(41)38-14-7-13-37(33-38)34-25-29-39(30-26-34)53(47-21-10-23-49-51(47)46-17-3-5-22-48(46)54-49)40-31-27-36(28-32-40)43-19-9-20-45-44-16-4-6-24-50(44)55-52(43)45/h1-33H. The molecule has 0 saturated heterocycles. The van der Waals surface area contributed by atoms with Gasteiger partial charge in [0.2, 0.25) is 0 Å². The molecule has 2 aromatic heterocycles. The summed E-state index contributed by atoms with van der Waals surface area (Å²) in [5, 5.41) is 7.35. The second-order valence-electron chi connectivity index (χ2n) is 14.1. The van der Waals surface area contributed by atoms with Gasteiger partial charge in [-0.25, -0.2) is 0 Å². The third-order valence-electron chi connectivity index (χ3n) is 10.9. The largest absolute Gasteiger partial charge is 0.456 e. The lowest BCUT2D eigenvalue weighted by Gasteiger charge is -2.26. The van der Waals surface area contributed by atoms with Crippen LogP contribution in [-0.4, -0.2) is 0 Å². The predicted molar refractivity (Wildman–Crippen MR) is 235 cm³/mol. The molecule has 55 heavy (non-hydrogen) atoms. The van der Waals surface area contributed by atoms with E-state index in [2.05, 4.69) is 193 Å². The fraction of sp³-hybridized carbons (Fsp3) is 0. The van der Waals surface area contributed by atoms with Crippen molar-refractivity contribution in [3.8, 4) is 33.4 Å². The van der Waals surface area contributed by atoms with E-state index in [1.165, 1.54) is 64.3 Å². The van der Waals surface area contributed by atoms with Gasteiger partial charge in [-0.3, -0.25) is 0 Å². The van der Waals surface area contributed by atoms with Gasteiger partial charge in [-0.2, -0.15) is 0 Å². The van der Waals surface area contributed by atoms with E-state index in [4.69, 9.17) is 4.42 Å². The molecule has 0 aliphatic heterocycles. The molecule has 11 rings (SSSR count). The van der Waals surface area contributed by atoms with Gasteiger partial charge < -0.3 is 9.32 Å². The molecule has 0 spiro atoms. The molecule has 2 heterocycles. The topological polar surface area (TPSA) is 16.4 Å². The summed E-state index contributed by atoms with van der Waals surface area (Å²) in [5.41, 5.74) is 12.3. The average molecular weight is 720 g/mol. The number of benzene rings is 9. The number of fused-ring (bicyclic) bond motifs is 7. The van der Waals surface area contributed by atoms with Crippen LogP contribution in [0.25, 0.3) is 86.3 Å². The van der Waals surface area contributed by atoms with Crippen molar-refractivity contribution in [2.24, 2.45) is 0 Å². The molecule has 0 radical (unpaired) electrons. The van der Waals surface area contributed by atoms with E-state index in [0.717, 1.165) is 39.0 Å². The van der Waals surface area contributed by atoms with E-state index in [1.807, 2.05) is 23.5 Å². The van der Waals surface area contributed by atoms with Gasteiger partial charge in [0.25, 0.3) is 0 Å². The van der Waals surface area contributed by atoms with Gasteiger partial charge in [-0.05, 0) is 98.8 Å². The summed E-state index contributed by atoms with van der Waals surface area (Å²) in [6.07, 6.45) is 0. The number of para-hydroxylation sites is 1. The van der Waals surface area contributed by atoms with Crippen molar-refractivity contribution in [3.05, 3.63) is 200 Å². The number of thiophene rings is 1. The lowest BCUT2D eigenvalue weighted by atomic mass is 9.95. The van der Waals surface area contributed by atoms with E-state index < -0.39 is 0 Å². The number of hydrogen-bond acceptors (Lipinski definition) is 3. The number of furan rings is 1. The van der Waals surface area contributed by atoms with Crippen molar-refractivity contribution < 1.29 is 4.42 Å². The molecule has 9 aromatic carbocycles. The number of rotatable bonds is 6. The Morgan fingerprint density at radius 2 is 0.982 bits per heavy atom. The molecule has 2 nitrogen and oxygen atoms in total. The highest BCUT2D eigenvalue weighted by molar-refractivity contribution is 7.26. The summed E-state index contributed by atoms with van der Waals surface area (Å²) in [6, 6.07) is 72.1. The highest BCUT2D eigenvalue weighted by atomic mass is 32.1. The fourth-order valence-electron chi connectivity index (χ4n) is 8.28. The average Bonchev–Trinajstić information content (AvgIpc) is 3.83. The fourth-order valence-corrected chi connectivity index (χ4v) is 9.52. The van der Waals surface area contributed by atoms with E-state index >= 15 is 0 Å². The summed E-state index contributed by atoms with van der Waals surface area (Å²) < 4.78 is 9.02. The molecular weight excluding hydrogens is 687 g/mol. The van der Waals surface area contributed by atoms with E-state index in [-0.39, 0.29) is 0 Å². The molecule has 11 aromatic rings. The van der Waals surface area contributed by atoms with Crippen molar-refractivity contribution in [3.63, 3.8) is 0 Å². The third kappa shape index (κ3) is 5.32. The smallest absolute Gasteiger partial charge is 0.137 e. The first-order valence-electron chi connectivity index (χ1n) is 18.7. The SMILES string of the molecule is c1cc(-c2ccc(N(c3ccc(-c4cccc5c4sc4ccccc45)cc3)c3cccc4oc5ccccc5c34)cc2)cc(-c2cccc3ccccc23)c1. The molecule has 0 aliphatic rings. The Morgan fingerprint density at radius 1 is 0.382 bits per heavy atom. The Balaban J connectivity index is 1.02. The lowest BCUT2D eigenvalue weighted by Crippen LogP contribution is -2.10. The second-order valence-corrected chi connectivity index (χ2v) is 15.1. The maximum absolute atomic E-state index is 6.38. The zero-order valence-corrected chi connectivity index (χ0v) is 30.6. The Kier molecular flexibility index (Phi) is 7.39. The van der Waals surface area contributed by atoms with Crippen LogP contribution in [0.2, 0.25) is 0 Å². The molecule has 0 aliphatic carbocycles. The Hall–Kier alpha value is -6.94. The van der Waals surface area contributed by atoms with Crippen molar-refractivity contribution >= 4 is 81.3 Å². The lowest BCUT2D eigenvalue weighted by molar-refractivity contribution is 0.669. The van der Waals surface area contributed by atoms with Crippen molar-refractivity contribution in [1.29, 1.82) is 0 Å². The van der Waals surface area contributed by atoms with E-state index in [9.17, 15) is 0 Å². The van der Waals surface area contributed by atoms with E-state index in [0.29, 0.717) is 0 Å². The number of anilines is 3. The minimum atomic E-state index is 0.874. The first-order valence-corrected chi connectivity index (χ1v) is 19.5. The van der Waals surface area contributed by atoms with Crippen molar-refractivity contribution in [2.45, 2.75) is 0 Å². The zero-order chi connectivity index (χ0) is 36.3. The molecular formula is C52H33NOS. The summed E-state index contributed by atoms with van der Waals surface area (Å²) >= 11 is 1.87. The van der Waals surface area contributed by atoms with Crippen molar-refractivity contribution in [2.75, 3.05) is 4.90 Å². The normalized spacial score (nSPS) is 11.6. The Labute approximate surface area is 322 Å². The number of nitrogens with zero attached hydrogens (tertiary/aromatic N) is 1. The van der Waals surface area contributed by atoms with Gasteiger partial charge in [0.15, 0.2) is 0 Å². The maximum Gasteiger partial charge on any atom is 0.137 e. The van der Waals surface area contributed by atoms with Crippen molar-refractivity contribution in [1.82, 2.24) is 0 Å². The van der Waals surface area contributed by atoms with Crippen LogP contribution in [-0.2, 0) is 0 Å². The summed E-state index contributed by atoms with van der Waals surface area (Å²) in [5.74, 6) is 0. The summed E-state index contributed by atoms with van der Waals surface area (Å²) in [6.45, 7) is 0. The van der Waals surface area contributed by atoms with Crippen LogP contribution in [0.4, 0.5) is 17.1 Å². The van der Waals surface area contributed by atoms with Gasteiger partial charge in [-0.15, -0.1) is 11.3 Å². The molecule has 0 atom stereocenters. The first-order chi connectivity index (χ1) is 27.3. The summed E-state index contributed by atoms with van der Waals surface area (Å²) in [7, 11) is 0. The van der Waals surface area contributed by atoms with E-state index in [1.54, 1.807) is 0 Å². The van der Waals surface area contributed by atoms with Gasteiger partial charge in [-0.1, -0.05) is 146 Å². The first kappa shape index (κ1) is 31.6. The Morgan fingerprint density at radius 3 is 1.84 bits per heavy atom. The van der Waals surface area contributed by atoms with Gasteiger partial charge in [0.05, 0.1) is 11.1 Å². The zero-order valence-electron chi connectivity index (χ0n) is 29.8. The maximum atomic E-state index is 6.38. The van der Waals surface area contributed by atoms with Crippen LogP contribution >= 0.6 is 11.3 Å². The monoisotopic (exact) mass is 719 g/mol. The quantitative estimate of drug-likeness (QED) is 0.170. The molecule has 3 heteroatoms. The molecule has 0 saturated carbocycles. The van der Waals surface area contributed by atoms with Crippen LogP contribution in [0.15, 0.2) is 205 Å². The second kappa shape index (κ2) is 12.9. The minimum absolute atomic E-state index is 0.874.